The number of rotatable bonds is 5. The van der Waals surface area contributed by atoms with Gasteiger partial charge in [0.2, 0.25) is 0 Å². The van der Waals surface area contributed by atoms with E-state index in [0.717, 1.165) is 16.9 Å². The van der Waals surface area contributed by atoms with Crippen LogP contribution in [-0.4, -0.2) is 32.4 Å². The maximum Gasteiger partial charge on any atom is 0.262 e. The van der Waals surface area contributed by atoms with Gasteiger partial charge in [0.1, 0.15) is 24.8 Å². The molecule has 1 atom stereocenters. The monoisotopic (exact) mass is 325 g/mol. The zero-order chi connectivity index (χ0) is 17.1. The molecule has 0 aliphatic rings. The number of para-hydroxylation sites is 1. The molecule has 0 aliphatic heterocycles. The zero-order valence-corrected chi connectivity index (χ0v) is 13.6. The molecule has 0 radical (unpaired) electrons. The van der Waals surface area contributed by atoms with Crippen molar-refractivity contribution in [2.24, 2.45) is 0 Å². The lowest BCUT2D eigenvalue weighted by molar-refractivity contribution is 0.0908. The molecule has 0 saturated heterocycles. The van der Waals surface area contributed by atoms with E-state index in [0.29, 0.717) is 11.0 Å². The lowest BCUT2D eigenvalue weighted by atomic mass is 10.1. The van der Waals surface area contributed by atoms with Gasteiger partial charge < -0.3 is 9.84 Å². The third-order valence-corrected chi connectivity index (χ3v) is 3.83. The normalized spacial score (nSPS) is 12.3. The highest BCUT2D eigenvalue weighted by atomic mass is 16.5. The Morgan fingerprint density at radius 3 is 2.67 bits per heavy atom. The van der Waals surface area contributed by atoms with Gasteiger partial charge in [0.05, 0.1) is 11.9 Å². The highest BCUT2D eigenvalue weighted by Gasteiger charge is 2.12. The Balaban J connectivity index is 1.72. The van der Waals surface area contributed by atoms with Crippen LogP contribution in [0.1, 0.15) is 11.1 Å². The van der Waals surface area contributed by atoms with Crippen molar-refractivity contribution in [2.75, 3.05) is 6.61 Å². The fourth-order valence-electron chi connectivity index (χ4n) is 2.61. The Kier molecular flexibility index (Phi) is 4.57. The number of aliphatic hydroxyl groups is 1. The minimum absolute atomic E-state index is 0.100. The summed E-state index contributed by atoms with van der Waals surface area (Å²) in [5, 5.41) is 10.6. The van der Waals surface area contributed by atoms with Crippen molar-refractivity contribution < 1.29 is 9.84 Å². The quantitative estimate of drug-likeness (QED) is 0.774. The second-order valence-electron chi connectivity index (χ2n) is 5.76. The Labute approximate surface area is 139 Å². The van der Waals surface area contributed by atoms with Crippen molar-refractivity contribution in [3.8, 4) is 5.75 Å². The Hall–Kier alpha value is -2.73. The summed E-state index contributed by atoms with van der Waals surface area (Å²) in [4.78, 5) is 20.6. The maximum atomic E-state index is 12.4. The van der Waals surface area contributed by atoms with E-state index in [1.54, 1.807) is 18.3 Å². The van der Waals surface area contributed by atoms with E-state index >= 15 is 0 Å². The first-order chi connectivity index (χ1) is 11.6. The first-order valence-corrected chi connectivity index (χ1v) is 7.73. The van der Waals surface area contributed by atoms with Crippen molar-refractivity contribution in [3.05, 3.63) is 64.3 Å². The van der Waals surface area contributed by atoms with Gasteiger partial charge >= 0.3 is 0 Å². The summed E-state index contributed by atoms with van der Waals surface area (Å²) in [5.74, 6) is 0.768. The van der Waals surface area contributed by atoms with E-state index in [2.05, 4.69) is 9.97 Å². The van der Waals surface area contributed by atoms with Crippen molar-refractivity contribution in [3.63, 3.8) is 0 Å². The molecule has 1 aromatic carbocycles. The molecule has 0 bridgehead atoms. The second-order valence-corrected chi connectivity index (χ2v) is 5.76. The largest absolute Gasteiger partial charge is 0.490 e. The van der Waals surface area contributed by atoms with E-state index in [1.807, 2.05) is 32.0 Å². The van der Waals surface area contributed by atoms with Gasteiger partial charge in [0.25, 0.3) is 5.56 Å². The van der Waals surface area contributed by atoms with Gasteiger partial charge in [-0.1, -0.05) is 18.2 Å². The average Bonchev–Trinajstić information content (AvgIpc) is 2.57. The van der Waals surface area contributed by atoms with E-state index in [-0.39, 0.29) is 18.7 Å². The Morgan fingerprint density at radius 2 is 1.92 bits per heavy atom. The molecule has 24 heavy (non-hydrogen) atoms. The predicted octanol–water partition coefficient (Wildman–Crippen LogP) is 1.85. The van der Waals surface area contributed by atoms with Crippen LogP contribution in [0, 0.1) is 13.8 Å². The van der Waals surface area contributed by atoms with Crippen molar-refractivity contribution in [2.45, 2.75) is 26.5 Å². The molecule has 1 N–H and O–H groups in total. The summed E-state index contributed by atoms with van der Waals surface area (Å²) >= 11 is 0. The first-order valence-electron chi connectivity index (χ1n) is 7.73. The van der Waals surface area contributed by atoms with Crippen molar-refractivity contribution in [1.82, 2.24) is 14.5 Å². The van der Waals surface area contributed by atoms with Crippen LogP contribution in [0.2, 0.25) is 0 Å². The van der Waals surface area contributed by atoms with E-state index < -0.39 is 6.10 Å². The number of nitrogens with zero attached hydrogens (tertiary/aromatic N) is 3. The molecule has 2 aromatic heterocycles. The molecule has 124 valence electrons. The van der Waals surface area contributed by atoms with Gasteiger partial charge in [-0.25, -0.2) is 9.97 Å². The third-order valence-electron chi connectivity index (χ3n) is 3.83. The molecule has 0 amide bonds. The standard InChI is InChI=1S/C18H19N3O3/c1-12-5-3-6-13(2)16(12)24-10-14(22)9-21-11-20-17-15(18(21)23)7-4-8-19-17/h3-8,11,14,22H,9-10H2,1-2H3. The van der Waals surface area contributed by atoms with Gasteiger partial charge in [-0.2, -0.15) is 0 Å². The van der Waals surface area contributed by atoms with Gasteiger partial charge in [-0.3, -0.25) is 9.36 Å². The summed E-state index contributed by atoms with van der Waals surface area (Å²) < 4.78 is 7.11. The summed E-state index contributed by atoms with van der Waals surface area (Å²) in [5.41, 5.74) is 2.20. The van der Waals surface area contributed by atoms with Crippen molar-refractivity contribution in [1.29, 1.82) is 0 Å². The molecule has 3 rings (SSSR count). The Bertz CT molecular complexity index is 901. The van der Waals surface area contributed by atoms with Crippen LogP contribution in [0.4, 0.5) is 0 Å². The van der Waals surface area contributed by atoms with Gasteiger partial charge in [0.15, 0.2) is 5.65 Å². The molecule has 6 heteroatoms. The fourth-order valence-corrected chi connectivity index (χ4v) is 2.61. The van der Waals surface area contributed by atoms with Crippen LogP contribution in [-0.2, 0) is 6.54 Å². The molecule has 0 saturated carbocycles. The van der Waals surface area contributed by atoms with Crippen LogP contribution in [0.15, 0.2) is 47.7 Å². The minimum Gasteiger partial charge on any atom is -0.490 e. The minimum atomic E-state index is -0.822. The third kappa shape index (κ3) is 3.28. The number of fused-ring (bicyclic) bond motifs is 1. The SMILES string of the molecule is Cc1cccc(C)c1OCC(O)Cn1cnc2ncccc2c1=O. The molecular weight excluding hydrogens is 306 g/mol. The predicted molar refractivity (Wildman–Crippen MR) is 91.2 cm³/mol. The topological polar surface area (TPSA) is 77.2 Å². The van der Waals surface area contributed by atoms with Crippen LogP contribution in [0.5, 0.6) is 5.75 Å². The number of aliphatic hydroxyl groups excluding tert-OH is 1. The van der Waals surface area contributed by atoms with Crippen molar-refractivity contribution >= 4 is 11.0 Å². The van der Waals surface area contributed by atoms with Crippen LogP contribution in [0.3, 0.4) is 0 Å². The van der Waals surface area contributed by atoms with Crippen LogP contribution < -0.4 is 10.3 Å². The van der Waals surface area contributed by atoms with Crippen LogP contribution >= 0.6 is 0 Å². The number of aromatic nitrogens is 3. The molecule has 3 aromatic rings. The average molecular weight is 325 g/mol. The molecule has 0 fully saturated rings. The van der Waals surface area contributed by atoms with E-state index in [4.69, 9.17) is 4.74 Å². The molecule has 0 spiro atoms. The van der Waals surface area contributed by atoms with E-state index in [1.165, 1.54) is 10.9 Å². The number of ether oxygens (including phenoxy) is 1. The summed E-state index contributed by atoms with van der Waals surface area (Å²) in [6.45, 7) is 4.13. The summed E-state index contributed by atoms with van der Waals surface area (Å²) in [6.07, 6.45) is 2.17. The summed E-state index contributed by atoms with van der Waals surface area (Å²) in [7, 11) is 0. The number of benzene rings is 1. The van der Waals surface area contributed by atoms with Gasteiger partial charge in [0, 0.05) is 6.20 Å². The summed E-state index contributed by atoms with van der Waals surface area (Å²) in [6, 6.07) is 9.24. The maximum absolute atomic E-state index is 12.4. The molecular formula is C18H19N3O3. The molecule has 1 unspecified atom stereocenters. The fraction of sp³-hybridized carbons (Fsp3) is 0.278. The second kappa shape index (κ2) is 6.80. The number of aryl methyl sites for hydroxylation is 2. The molecule has 0 aliphatic carbocycles. The first kappa shape index (κ1) is 16.1. The highest BCUT2D eigenvalue weighted by Crippen LogP contribution is 2.22. The number of hydrogen-bond acceptors (Lipinski definition) is 5. The molecule has 6 nitrogen and oxygen atoms in total. The number of pyridine rings is 1. The Morgan fingerprint density at radius 1 is 1.17 bits per heavy atom. The van der Waals surface area contributed by atoms with Gasteiger partial charge in [-0.15, -0.1) is 0 Å². The van der Waals surface area contributed by atoms with E-state index in [9.17, 15) is 9.90 Å². The van der Waals surface area contributed by atoms with Gasteiger partial charge in [-0.05, 0) is 37.1 Å². The smallest absolute Gasteiger partial charge is 0.262 e. The highest BCUT2D eigenvalue weighted by molar-refractivity contribution is 5.72. The zero-order valence-electron chi connectivity index (χ0n) is 13.6. The number of hydrogen-bond donors (Lipinski definition) is 1. The lowest BCUT2D eigenvalue weighted by Gasteiger charge is -2.16. The molecule has 2 heterocycles. The van der Waals surface area contributed by atoms with Crippen LogP contribution in [0.25, 0.3) is 11.0 Å². The lowest BCUT2D eigenvalue weighted by Crippen LogP contribution is -2.30.